The van der Waals surface area contributed by atoms with Gasteiger partial charge in [-0.3, -0.25) is 0 Å². The van der Waals surface area contributed by atoms with E-state index in [1.165, 1.54) is 6.20 Å². The van der Waals surface area contributed by atoms with Gasteiger partial charge in [-0.2, -0.15) is 0 Å². The topological polar surface area (TPSA) is 46.4 Å². The molecule has 0 saturated heterocycles. The molecule has 1 fully saturated rings. The maximum absolute atomic E-state index is 12.5. The van der Waals surface area contributed by atoms with Crippen molar-refractivity contribution in [1.29, 1.82) is 0 Å². The molecule has 1 aromatic rings. The molecular weight excluding hydrogens is 240 g/mol. The lowest BCUT2D eigenvalue weighted by atomic mass is 9.88. The number of benzene rings is 1. The lowest BCUT2D eigenvalue weighted by Gasteiger charge is -2.44. The smallest absolute Gasteiger partial charge is 0.244 e. The Morgan fingerprint density at radius 3 is 2.63 bits per heavy atom. The van der Waals surface area contributed by atoms with Crippen LogP contribution in [0.2, 0.25) is 0 Å². The zero-order valence-electron chi connectivity index (χ0n) is 11.1. The Hall–Kier alpha value is -1.68. The van der Waals surface area contributed by atoms with Crippen LogP contribution in [0.1, 0.15) is 36.8 Å². The van der Waals surface area contributed by atoms with E-state index in [-0.39, 0.29) is 12.1 Å². The number of fused-ring (bicyclic) bond motifs is 1. The Morgan fingerprint density at radius 2 is 1.89 bits per heavy atom. The van der Waals surface area contributed by atoms with E-state index < -0.39 is 0 Å². The second-order valence-corrected chi connectivity index (χ2v) is 5.49. The molecule has 0 N–H and O–H groups in total. The maximum atomic E-state index is 12.5. The molecule has 3 rings (SSSR count). The molecule has 0 bridgehead atoms. The summed E-state index contributed by atoms with van der Waals surface area (Å²) in [6, 6.07) is 7.39. The highest BCUT2D eigenvalue weighted by Gasteiger charge is 2.41. The summed E-state index contributed by atoms with van der Waals surface area (Å²) >= 11 is 0. The molecule has 0 spiro atoms. The quantitative estimate of drug-likeness (QED) is 0.727. The molecule has 1 aromatic carbocycles. The van der Waals surface area contributed by atoms with E-state index in [0.29, 0.717) is 5.70 Å². The minimum absolute atomic E-state index is 0.166. The average molecular weight is 258 g/mol. The van der Waals surface area contributed by atoms with Crippen molar-refractivity contribution >= 4 is 5.70 Å². The number of hydrogen-bond donors (Lipinski definition) is 0. The largest absolute Gasteiger partial charge is 0.758 e. The summed E-state index contributed by atoms with van der Waals surface area (Å²) in [6.07, 6.45) is 5.18. The van der Waals surface area contributed by atoms with Crippen LogP contribution < -0.4 is 0 Å². The highest BCUT2D eigenvalue weighted by molar-refractivity contribution is 5.64. The van der Waals surface area contributed by atoms with Crippen molar-refractivity contribution in [2.45, 2.75) is 44.7 Å². The Morgan fingerprint density at radius 1 is 1.21 bits per heavy atom. The van der Waals surface area contributed by atoms with E-state index in [1.54, 1.807) is 0 Å². The molecule has 0 radical (unpaired) electrons. The molecule has 0 amide bonds. The first-order valence-corrected chi connectivity index (χ1v) is 6.87. The fourth-order valence-corrected chi connectivity index (χ4v) is 3.04. The second-order valence-electron chi connectivity index (χ2n) is 5.49. The van der Waals surface area contributed by atoms with Gasteiger partial charge in [0.2, 0.25) is 12.2 Å². The Balaban J connectivity index is 1.96. The third kappa shape index (κ3) is 2.16. The molecule has 1 heterocycles. The predicted octanol–water partition coefficient (Wildman–Crippen LogP) is 3.20. The van der Waals surface area contributed by atoms with Crippen molar-refractivity contribution in [1.82, 2.24) is 5.06 Å². The second kappa shape index (κ2) is 4.78. The summed E-state index contributed by atoms with van der Waals surface area (Å²) in [4.78, 5) is 12.1. The van der Waals surface area contributed by atoms with Crippen LogP contribution >= 0.6 is 0 Å². The summed E-state index contributed by atoms with van der Waals surface area (Å²) in [6.45, 7) is 2.01. The summed E-state index contributed by atoms with van der Waals surface area (Å²) in [5.74, 6) is 0. The molecule has 2 atom stereocenters. The number of aryl methyl sites for hydroxylation is 1. The first kappa shape index (κ1) is 12.4. The maximum Gasteiger partial charge on any atom is 0.244 e. The Kier molecular flexibility index (Phi) is 3.11. The van der Waals surface area contributed by atoms with Gasteiger partial charge in [-0.1, -0.05) is 36.2 Å². The van der Waals surface area contributed by atoms with Gasteiger partial charge in [0.25, 0.3) is 0 Å². The standard InChI is InChI=1S/C15H18N2O2/c1-11-6-8-12(9-7-11)15-10-16(18)13-4-2-3-5-14(13)17(15)19/h6-10,13-14H,2-5H2,1H3/t13-,14-/m1/s1. The summed E-state index contributed by atoms with van der Waals surface area (Å²) in [5, 5.41) is 13.5. The summed E-state index contributed by atoms with van der Waals surface area (Å²) < 4.78 is 0.993. The monoisotopic (exact) mass is 258 g/mol. The van der Waals surface area contributed by atoms with Gasteiger partial charge in [0.05, 0.1) is 6.04 Å². The highest BCUT2D eigenvalue weighted by Crippen LogP contribution is 2.34. The van der Waals surface area contributed by atoms with Crippen LogP contribution in [0.4, 0.5) is 0 Å². The molecule has 0 unspecified atom stereocenters. The minimum atomic E-state index is -0.187. The average Bonchev–Trinajstić information content (AvgIpc) is 2.44. The third-order valence-electron chi connectivity index (χ3n) is 4.16. The van der Waals surface area contributed by atoms with Gasteiger partial charge in [-0.25, -0.2) is 0 Å². The molecule has 100 valence electrons. The van der Waals surface area contributed by atoms with Crippen molar-refractivity contribution in [3.05, 3.63) is 51.7 Å². The van der Waals surface area contributed by atoms with Crippen LogP contribution in [0.3, 0.4) is 0 Å². The van der Waals surface area contributed by atoms with Gasteiger partial charge in [-0.05, 0) is 19.8 Å². The van der Waals surface area contributed by atoms with Gasteiger partial charge >= 0.3 is 0 Å². The van der Waals surface area contributed by atoms with Crippen LogP contribution in [0.25, 0.3) is 5.70 Å². The van der Waals surface area contributed by atoms with Crippen LogP contribution in [0.5, 0.6) is 0 Å². The SMILES string of the molecule is Cc1ccc(C2=C[N+](=O)[C@@H]3CCCC[C@H]3N2[O-])cc1. The zero-order chi connectivity index (χ0) is 13.4. The van der Waals surface area contributed by atoms with E-state index in [4.69, 9.17) is 0 Å². The first-order valence-electron chi connectivity index (χ1n) is 6.87. The Bertz CT molecular complexity index is 521. The predicted molar refractivity (Wildman–Crippen MR) is 74.0 cm³/mol. The first-order chi connectivity index (χ1) is 9.16. The van der Waals surface area contributed by atoms with Crippen molar-refractivity contribution in [3.8, 4) is 0 Å². The van der Waals surface area contributed by atoms with Gasteiger partial charge in [0, 0.05) is 21.7 Å². The van der Waals surface area contributed by atoms with Crippen LogP contribution in [-0.2, 0) is 0 Å². The molecule has 2 aliphatic rings. The summed E-state index contributed by atoms with van der Waals surface area (Å²) in [7, 11) is 0. The number of rotatable bonds is 1. The van der Waals surface area contributed by atoms with Crippen molar-refractivity contribution in [2.75, 3.05) is 0 Å². The fraction of sp³-hybridized carbons (Fsp3) is 0.467. The molecule has 19 heavy (non-hydrogen) atoms. The number of hydrogen-bond acceptors (Lipinski definition) is 3. The molecule has 1 aliphatic carbocycles. The van der Waals surface area contributed by atoms with Gasteiger partial charge in [0.1, 0.15) is 5.70 Å². The van der Waals surface area contributed by atoms with Crippen LogP contribution in [0.15, 0.2) is 30.5 Å². The molecule has 1 saturated carbocycles. The molecule has 4 heteroatoms. The lowest BCUT2D eigenvalue weighted by molar-refractivity contribution is -0.536. The van der Waals surface area contributed by atoms with E-state index in [2.05, 4.69) is 0 Å². The summed E-state index contributed by atoms with van der Waals surface area (Å²) in [5.41, 5.74) is 2.47. The van der Waals surface area contributed by atoms with Crippen molar-refractivity contribution in [3.63, 3.8) is 0 Å². The van der Waals surface area contributed by atoms with E-state index in [0.717, 1.165) is 46.6 Å². The van der Waals surface area contributed by atoms with Gasteiger partial charge in [-0.15, -0.1) is 0 Å². The molecule has 4 nitrogen and oxygen atoms in total. The number of nitrogens with zero attached hydrogens (tertiary/aromatic N) is 2. The van der Waals surface area contributed by atoms with Gasteiger partial charge < -0.3 is 10.3 Å². The lowest BCUT2D eigenvalue weighted by Crippen LogP contribution is -2.49. The van der Waals surface area contributed by atoms with E-state index >= 15 is 0 Å². The van der Waals surface area contributed by atoms with Crippen LogP contribution in [-0.4, -0.2) is 21.9 Å². The van der Waals surface area contributed by atoms with E-state index in [9.17, 15) is 10.1 Å². The normalized spacial score (nSPS) is 26.9. The van der Waals surface area contributed by atoms with Crippen molar-refractivity contribution in [2.24, 2.45) is 0 Å². The molecule has 0 aromatic heterocycles. The van der Waals surface area contributed by atoms with Crippen LogP contribution in [0, 0.1) is 17.0 Å². The highest BCUT2D eigenvalue weighted by atomic mass is 16.5. The van der Waals surface area contributed by atoms with E-state index in [1.807, 2.05) is 31.2 Å². The molecule has 1 aliphatic heterocycles. The molecular formula is C15H18N2O2. The van der Waals surface area contributed by atoms with Gasteiger partial charge in [0.15, 0.2) is 0 Å². The minimum Gasteiger partial charge on any atom is -0.758 e. The Labute approximate surface area is 112 Å². The fourth-order valence-electron chi connectivity index (χ4n) is 3.04. The zero-order valence-corrected chi connectivity index (χ0v) is 11.1. The number of hydroxylamine groups is 2. The third-order valence-corrected chi connectivity index (χ3v) is 4.16. The number of nitroso groups, excluding NO2 is 1. The van der Waals surface area contributed by atoms with Crippen molar-refractivity contribution < 1.29 is 4.76 Å².